The Hall–Kier alpha value is -4.25. The Morgan fingerprint density at radius 3 is 2.63 bits per heavy atom. The summed E-state index contributed by atoms with van der Waals surface area (Å²) in [7, 11) is 0. The molecule has 0 aliphatic carbocycles. The maximum absolute atomic E-state index is 13.0. The molecule has 2 N–H and O–H groups in total. The SMILES string of the molecule is CCOc1cc(/C=N\NC(=O)Cc2csc(Nc3cccc(C(F)(F)F)c3)n2)cc(I)c1OCc1ccc([N+](=O)[O-])cc1. The van der Waals surface area contributed by atoms with Gasteiger partial charge in [-0.15, -0.1) is 11.3 Å². The number of amides is 1. The van der Waals surface area contributed by atoms with E-state index in [0.717, 1.165) is 32.6 Å². The number of alkyl halides is 3. The first-order chi connectivity index (χ1) is 20.5. The quantitative estimate of drug-likeness (QED) is 0.0691. The zero-order valence-electron chi connectivity index (χ0n) is 22.4. The number of halogens is 4. The lowest BCUT2D eigenvalue weighted by molar-refractivity contribution is -0.384. The van der Waals surface area contributed by atoms with Crippen molar-refractivity contribution in [3.63, 3.8) is 0 Å². The minimum Gasteiger partial charge on any atom is -0.490 e. The predicted molar refractivity (Wildman–Crippen MR) is 164 cm³/mol. The molecule has 0 bridgehead atoms. The number of aromatic nitrogens is 1. The van der Waals surface area contributed by atoms with E-state index < -0.39 is 22.6 Å². The smallest absolute Gasteiger partial charge is 0.416 e. The van der Waals surface area contributed by atoms with Gasteiger partial charge >= 0.3 is 6.18 Å². The number of hydrazone groups is 1. The molecule has 224 valence electrons. The van der Waals surface area contributed by atoms with E-state index in [0.29, 0.717) is 34.5 Å². The zero-order chi connectivity index (χ0) is 31.0. The molecule has 15 heteroatoms. The van der Waals surface area contributed by atoms with Gasteiger partial charge in [-0.05, 0) is 83.1 Å². The monoisotopic (exact) mass is 725 g/mol. The fourth-order valence-corrected chi connectivity index (χ4v) is 5.17. The van der Waals surface area contributed by atoms with Gasteiger partial charge in [0.1, 0.15) is 6.61 Å². The summed E-state index contributed by atoms with van der Waals surface area (Å²) in [6.45, 7) is 2.37. The number of nitrogens with one attached hydrogen (secondary N) is 2. The molecule has 0 saturated carbocycles. The van der Waals surface area contributed by atoms with E-state index in [1.807, 2.05) is 6.92 Å². The van der Waals surface area contributed by atoms with Crippen LogP contribution in [0.1, 0.15) is 29.3 Å². The molecule has 10 nitrogen and oxygen atoms in total. The third-order valence-corrected chi connectivity index (χ3v) is 7.21. The molecule has 0 atom stereocenters. The Morgan fingerprint density at radius 2 is 1.93 bits per heavy atom. The van der Waals surface area contributed by atoms with Gasteiger partial charge in [-0.2, -0.15) is 18.3 Å². The number of anilines is 2. The lowest BCUT2D eigenvalue weighted by Gasteiger charge is -2.14. The van der Waals surface area contributed by atoms with Crippen LogP contribution in [-0.2, 0) is 24.0 Å². The van der Waals surface area contributed by atoms with Crippen LogP contribution in [0.2, 0.25) is 0 Å². The highest BCUT2D eigenvalue weighted by Gasteiger charge is 2.30. The molecule has 4 rings (SSSR count). The Labute approximate surface area is 261 Å². The fraction of sp³-hybridized carbons (Fsp3) is 0.179. The van der Waals surface area contributed by atoms with Crippen LogP contribution in [0, 0.1) is 13.7 Å². The molecule has 0 aliphatic rings. The summed E-state index contributed by atoms with van der Waals surface area (Å²) in [4.78, 5) is 27.1. The number of nitro benzene ring substituents is 1. The summed E-state index contributed by atoms with van der Waals surface area (Å²) in [5, 5.41) is 19.7. The number of benzene rings is 3. The van der Waals surface area contributed by atoms with Crippen molar-refractivity contribution < 1.29 is 32.4 Å². The molecule has 4 aromatic rings. The molecular weight excluding hydrogens is 702 g/mol. The third kappa shape index (κ3) is 9.12. The van der Waals surface area contributed by atoms with Crippen molar-refractivity contribution in [1.82, 2.24) is 10.4 Å². The molecule has 0 saturated heterocycles. The number of hydrogen-bond acceptors (Lipinski definition) is 9. The second kappa shape index (κ2) is 14.3. The number of nitrogens with zero attached hydrogens (tertiary/aromatic N) is 3. The first-order valence-corrected chi connectivity index (χ1v) is 14.5. The van der Waals surface area contributed by atoms with Gasteiger partial charge in [0.15, 0.2) is 16.6 Å². The first kappa shape index (κ1) is 31.7. The Bertz CT molecular complexity index is 1630. The third-order valence-electron chi connectivity index (χ3n) is 5.60. The van der Waals surface area contributed by atoms with Gasteiger partial charge in [-0.1, -0.05) is 6.07 Å². The summed E-state index contributed by atoms with van der Waals surface area (Å²) in [5.74, 6) is 0.530. The molecule has 43 heavy (non-hydrogen) atoms. The molecule has 3 aromatic carbocycles. The Kier molecular flexibility index (Phi) is 10.5. The number of non-ortho nitro benzene ring substituents is 1. The van der Waals surface area contributed by atoms with Crippen molar-refractivity contribution in [1.29, 1.82) is 0 Å². The van der Waals surface area contributed by atoms with Gasteiger partial charge in [0.25, 0.3) is 5.69 Å². The van der Waals surface area contributed by atoms with Gasteiger partial charge in [-0.3, -0.25) is 14.9 Å². The molecule has 0 spiro atoms. The summed E-state index contributed by atoms with van der Waals surface area (Å²) in [5.41, 5.74) is 3.69. The maximum Gasteiger partial charge on any atom is 0.416 e. The van der Waals surface area contributed by atoms with Crippen molar-refractivity contribution in [3.05, 3.63) is 102 Å². The standard InChI is InChI=1S/C28H23F3IN5O5S/c1-2-41-24-11-18(10-23(32)26(24)42-15-17-6-8-22(9-7-17)37(39)40)14-33-36-25(38)13-21-16-43-27(35-21)34-20-5-3-4-19(12-20)28(29,30)31/h3-12,14,16H,2,13,15H2,1H3,(H,34,35)(H,36,38)/b33-14-. The topological polar surface area (TPSA) is 128 Å². The van der Waals surface area contributed by atoms with Crippen LogP contribution < -0.4 is 20.2 Å². The van der Waals surface area contributed by atoms with Crippen LogP contribution in [0.5, 0.6) is 11.5 Å². The van der Waals surface area contributed by atoms with Crippen molar-refractivity contribution in [2.45, 2.75) is 26.1 Å². The largest absolute Gasteiger partial charge is 0.490 e. The molecule has 0 unspecified atom stereocenters. The van der Waals surface area contributed by atoms with Gasteiger partial charge in [-0.25, -0.2) is 10.4 Å². The van der Waals surface area contributed by atoms with Crippen LogP contribution in [0.15, 0.2) is 71.1 Å². The number of hydrogen-bond donors (Lipinski definition) is 2. The van der Waals surface area contributed by atoms with Gasteiger partial charge < -0.3 is 14.8 Å². The highest BCUT2D eigenvalue weighted by Crippen LogP contribution is 2.35. The van der Waals surface area contributed by atoms with Crippen LogP contribution in [-0.4, -0.2) is 28.6 Å². The number of ether oxygens (including phenoxy) is 2. The number of thiazole rings is 1. The highest BCUT2D eigenvalue weighted by atomic mass is 127. The van der Waals surface area contributed by atoms with E-state index >= 15 is 0 Å². The highest BCUT2D eigenvalue weighted by molar-refractivity contribution is 14.1. The number of rotatable bonds is 12. The molecule has 1 amide bonds. The fourth-order valence-electron chi connectivity index (χ4n) is 3.66. The van der Waals surface area contributed by atoms with Gasteiger partial charge in [0.05, 0.1) is 39.0 Å². The lowest BCUT2D eigenvalue weighted by Crippen LogP contribution is -2.20. The summed E-state index contributed by atoms with van der Waals surface area (Å²) in [6, 6.07) is 14.3. The second-order valence-corrected chi connectivity index (χ2v) is 10.8. The van der Waals surface area contributed by atoms with E-state index in [-0.39, 0.29) is 24.4 Å². The van der Waals surface area contributed by atoms with E-state index in [2.05, 4.69) is 43.4 Å². The average Bonchev–Trinajstić information content (AvgIpc) is 3.39. The van der Waals surface area contributed by atoms with E-state index in [1.54, 1.807) is 29.6 Å². The van der Waals surface area contributed by atoms with Crippen LogP contribution >= 0.6 is 33.9 Å². The van der Waals surface area contributed by atoms with Crippen molar-refractivity contribution in [3.8, 4) is 11.5 Å². The summed E-state index contributed by atoms with van der Waals surface area (Å²) in [6.07, 6.45) is -3.10. The number of nitro groups is 1. The molecular formula is C28H23F3IN5O5S. The van der Waals surface area contributed by atoms with Crippen molar-refractivity contribution >= 4 is 62.6 Å². The first-order valence-electron chi connectivity index (χ1n) is 12.5. The Balaban J connectivity index is 1.34. The van der Waals surface area contributed by atoms with E-state index in [4.69, 9.17) is 9.47 Å². The van der Waals surface area contributed by atoms with E-state index in [1.165, 1.54) is 30.5 Å². The summed E-state index contributed by atoms with van der Waals surface area (Å²) >= 11 is 3.25. The maximum atomic E-state index is 13.0. The molecule has 0 fully saturated rings. The lowest BCUT2D eigenvalue weighted by atomic mass is 10.2. The van der Waals surface area contributed by atoms with Gasteiger partial charge in [0, 0.05) is 23.2 Å². The number of carbonyl (C=O) groups is 1. The second-order valence-electron chi connectivity index (χ2n) is 8.79. The number of carbonyl (C=O) groups excluding carboxylic acids is 1. The molecule has 0 radical (unpaired) electrons. The van der Waals surface area contributed by atoms with Crippen molar-refractivity contribution in [2.24, 2.45) is 5.10 Å². The van der Waals surface area contributed by atoms with E-state index in [9.17, 15) is 28.1 Å². The summed E-state index contributed by atoms with van der Waals surface area (Å²) < 4.78 is 51.3. The molecule has 1 heterocycles. The van der Waals surface area contributed by atoms with Crippen LogP contribution in [0.4, 0.5) is 29.7 Å². The zero-order valence-corrected chi connectivity index (χ0v) is 25.3. The Morgan fingerprint density at radius 1 is 1.16 bits per heavy atom. The normalized spacial score (nSPS) is 11.4. The molecule has 0 aliphatic heterocycles. The molecule has 1 aromatic heterocycles. The van der Waals surface area contributed by atoms with Gasteiger partial charge in [0.2, 0.25) is 5.91 Å². The average molecular weight is 725 g/mol. The van der Waals surface area contributed by atoms with Crippen molar-refractivity contribution in [2.75, 3.05) is 11.9 Å². The minimum absolute atomic E-state index is 0.00793. The van der Waals surface area contributed by atoms with Crippen LogP contribution in [0.25, 0.3) is 0 Å². The van der Waals surface area contributed by atoms with Crippen LogP contribution in [0.3, 0.4) is 0 Å². The minimum atomic E-state index is -4.46. The predicted octanol–water partition coefficient (Wildman–Crippen LogP) is 7.09.